The molecule has 0 aliphatic rings. The van der Waals surface area contributed by atoms with Crippen molar-refractivity contribution in [3.05, 3.63) is 11.9 Å². The van der Waals surface area contributed by atoms with E-state index in [9.17, 15) is 9.59 Å². The van der Waals surface area contributed by atoms with Crippen LogP contribution in [0.5, 0.6) is 0 Å². The van der Waals surface area contributed by atoms with Crippen LogP contribution in [-0.4, -0.2) is 36.0 Å². The van der Waals surface area contributed by atoms with E-state index in [0.717, 1.165) is 18.7 Å². The minimum absolute atomic E-state index is 0.0114. The quantitative estimate of drug-likeness (QED) is 0.543. The van der Waals surface area contributed by atoms with Gasteiger partial charge in [-0.05, 0) is 18.9 Å². The van der Waals surface area contributed by atoms with E-state index < -0.39 is 5.97 Å². The molecule has 0 heterocycles. The lowest BCUT2D eigenvalue weighted by molar-refractivity contribution is -0.138. The van der Waals surface area contributed by atoms with Gasteiger partial charge in [0.25, 0.3) is 0 Å². The fourth-order valence-electron chi connectivity index (χ4n) is 1.93. The van der Waals surface area contributed by atoms with Gasteiger partial charge in [0.15, 0.2) is 0 Å². The second kappa shape index (κ2) is 12.2. The maximum Gasteiger partial charge on any atom is 0.303 e. The van der Waals surface area contributed by atoms with Gasteiger partial charge in [-0.2, -0.15) is 0 Å². The predicted octanol–water partition coefficient (Wildman–Crippen LogP) is 3.12. The van der Waals surface area contributed by atoms with Crippen LogP contribution in [0.25, 0.3) is 0 Å². The highest BCUT2D eigenvalue weighted by Crippen LogP contribution is 2.08. The van der Waals surface area contributed by atoms with Gasteiger partial charge in [0, 0.05) is 20.5 Å². The van der Waals surface area contributed by atoms with Crippen LogP contribution in [0.3, 0.4) is 0 Å². The summed E-state index contributed by atoms with van der Waals surface area (Å²) in [6.45, 7) is 2.21. The Morgan fingerprint density at radius 3 is 2.24 bits per heavy atom. The summed E-state index contributed by atoms with van der Waals surface area (Å²) in [6.07, 6.45) is 10.3. The first-order chi connectivity index (χ1) is 9.97. The number of hydrogen-bond acceptors (Lipinski definition) is 3. The Kier molecular flexibility index (Phi) is 11.4. The molecule has 0 saturated heterocycles. The number of rotatable bonds is 12. The minimum Gasteiger partial charge on any atom is -0.481 e. The molecule has 5 nitrogen and oxygen atoms in total. The number of carbonyl (C=O) groups is 2. The summed E-state index contributed by atoms with van der Waals surface area (Å²) in [7, 11) is 3.73. The van der Waals surface area contributed by atoms with E-state index >= 15 is 0 Å². The van der Waals surface area contributed by atoms with Crippen molar-refractivity contribution in [3.8, 4) is 0 Å². The van der Waals surface area contributed by atoms with E-state index in [-0.39, 0.29) is 18.7 Å². The van der Waals surface area contributed by atoms with Gasteiger partial charge in [0.05, 0.1) is 6.42 Å². The zero-order chi connectivity index (χ0) is 16.1. The van der Waals surface area contributed by atoms with Gasteiger partial charge >= 0.3 is 5.97 Å². The summed E-state index contributed by atoms with van der Waals surface area (Å²) in [5.74, 6) is -0.452. The molecule has 0 spiro atoms. The number of amides is 1. The number of carboxylic acid groups (broad SMARTS) is 1. The van der Waals surface area contributed by atoms with Gasteiger partial charge in [-0.25, -0.2) is 0 Å². The molecule has 21 heavy (non-hydrogen) atoms. The SMILES string of the molecule is CCCCCCCC/C=C(/NC(=O)CCC(=O)O)N(C)C. The normalized spacial score (nSPS) is 11.3. The fourth-order valence-corrected chi connectivity index (χ4v) is 1.93. The Balaban J connectivity index is 4.02. The van der Waals surface area contributed by atoms with Crippen LogP contribution in [0.4, 0.5) is 0 Å². The molecular weight excluding hydrogens is 268 g/mol. The Morgan fingerprint density at radius 2 is 1.67 bits per heavy atom. The van der Waals surface area contributed by atoms with E-state index in [1.165, 1.54) is 32.1 Å². The Morgan fingerprint density at radius 1 is 1.05 bits per heavy atom. The highest BCUT2D eigenvalue weighted by atomic mass is 16.4. The summed E-state index contributed by atoms with van der Waals surface area (Å²) in [5, 5.41) is 11.3. The van der Waals surface area contributed by atoms with Crippen LogP contribution in [0, 0.1) is 0 Å². The first-order valence-corrected chi connectivity index (χ1v) is 7.86. The number of hydrogen-bond donors (Lipinski definition) is 2. The highest BCUT2D eigenvalue weighted by Gasteiger charge is 2.08. The molecule has 1 amide bonds. The third kappa shape index (κ3) is 12.0. The first kappa shape index (κ1) is 19.5. The van der Waals surface area contributed by atoms with Crippen molar-refractivity contribution in [2.75, 3.05) is 14.1 Å². The average molecular weight is 298 g/mol. The fraction of sp³-hybridized carbons (Fsp3) is 0.750. The van der Waals surface area contributed by atoms with Gasteiger partial charge < -0.3 is 15.3 Å². The molecule has 0 saturated carbocycles. The zero-order valence-corrected chi connectivity index (χ0v) is 13.7. The molecule has 0 radical (unpaired) electrons. The third-order valence-corrected chi connectivity index (χ3v) is 3.21. The van der Waals surface area contributed by atoms with Crippen LogP contribution >= 0.6 is 0 Å². The monoisotopic (exact) mass is 298 g/mol. The summed E-state index contributed by atoms with van der Waals surface area (Å²) >= 11 is 0. The maximum atomic E-state index is 11.6. The lowest BCUT2D eigenvalue weighted by atomic mass is 10.1. The number of unbranched alkanes of at least 4 members (excludes halogenated alkanes) is 6. The van der Waals surface area contributed by atoms with Crippen LogP contribution < -0.4 is 5.32 Å². The molecule has 0 aliphatic heterocycles. The van der Waals surface area contributed by atoms with Crippen molar-refractivity contribution in [2.45, 2.75) is 64.7 Å². The molecule has 0 aromatic rings. The first-order valence-electron chi connectivity index (χ1n) is 7.86. The van der Waals surface area contributed by atoms with Crippen LogP contribution in [-0.2, 0) is 9.59 Å². The third-order valence-electron chi connectivity index (χ3n) is 3.21. The standard InChI is InChI=1S/C16H30N2O3/c1-4-5-6-7-8-9-10-11-14(18(2)3)17-15(19)12-13-16(20)21/h11H,4-10,12-13H2,1-3H3,(H,17,19)(H,20,21)/b14-11-. The molecule has 0 aromatic heterocycles. The van der Waals surface area contributed by atoms with Crippen molar-refractivity contribution in [2.24, 2.45) is 0 Å². The van der Waals surface area contributed by atoms with E-state index in [2.05, 4.69) is 12.2 Å². The largest absolute Gasteiger partial charge is 0.481 e. The molecular formula is C16H30N2O3. The van der Waals surface area contributed by atoms with E-state index in [1.54, 1.807) is 0 Å². The van der Waals surface area contributed by atoms with Crippen LogP contribution in [0.15, 0.2) is 11.9 Å². The highest BCUT2D eigenvalue weighted by molar-refractivity contribution is 5.81. The minimum atomic E-state index is -0.951. The van der Waals surface area contributed by atoms with E-state index in [4.69, 9.17) is 5.11 Å². The lowest BCUT2D eigenvalue weighted by Crippen LogP contribution is -2.31. The molecule has 122 valence electrons. The second-order valence-electron chi connectivity index (χ2n) is 5.48. The second-order valence-corrected chi connectivity index (χ2v) is 5.48. The Labute approximate surface area is 128 Å². The molecule has 0 fully saturated rings. The van der Waals surface area contributed by atoms with Gasteiger partial charge in [-0.1, -0.05) is 39.0 Å². The van der Waals surface area contributed by atoms with Crippen molar-refractivity contribution in [1.82, 2.24) is 10.2 Å². The molecule has 0 aromatic carbocycles. The summed E-state index contributed by atoms with van der Waals surface area (Å²) in [6, 6.07) is 0. The maximum absolute atomic E-state index is 11.6. The Hall–Kier alpha value is -1.52. The molecule has 0 aliphatic carbocycles. The van der Waals surface area contributed by atoms with Gasteiger partial charge in [-0.3, -0.25) is 9.59 Å². The summed E-state index contributed by atoms with van der Waals surface area (Å²) in [4.78, 5) is 23.9. The van der Waals surface area contributed by atoms with Crippen molar-refractivity contribution in [3.63, 3.8) is 0 Å². The number of nitrogens with one attached hydrogen (secondary N) is 1. The predicted molar refractivity (Wildman–Crippen MR) is 84.8 cm³/mol. The van der Waals surface area contributed by atoms with E-state index in [0.29, 0.717) is 0 Å². The number of carboxylic acids is 1. The number of nitrogens with zero attached hydrogens (tertiary/aromatic N) is 1. The molecule has 0 rings (SSSR count). The summed E-state index contributed by atoms with van der Waals surface area (Å²) < 4.78 is 0. The Bertz CT molecular complexity index is 338. The molecule has 5 heteroatoms. The number of carbonyl (C=O) groups excluding carboxylic acids is 1. The van der Waals surface area contributed by atoms with Gasteiger partial charge in [0.1, 0.15) is 5.82 Å². The van der Waals surface area contributed by atoms with Gasteiger partial charge in [-0.15, -0.1) is 0 Å². The van der Waals surface area contributed by atoms with Crippen LogP contribution in [0.1, 0.15) is 64.7 Å². The summed E-state index contributed by atoms with van der Waals surface area (Å²) in [5.41, 5.74) is 0. The van der Waals surface area contributed by atoms with Crippen molar-refractivity contribution in [1.29, 1.82) is 0 Å². The molecule has 0 atom stereocenters. The molecule has 2 N–H and O–H groups in total. The molecule has 0 unspecified atom stereocenters. The van der Waals surface area contributed by atoms with Crippen molar-refractivity contribution < 1.29 is 14.7 Å². The number of allylic oxidation sites excluding steroid dienone is 1. The number of aliphatic carboxylic acids is 1. The topological polar surface area (TPSA) is 69.6 Å². The van der Waals surface area contributed by atoms with Crippen molar-refractivity contribution >= 4 is 11.9 Å². The van der Waals surface area contributed by atoms with Gasteiger partial charge in [0.2, 0.25) is 5.91 Å². The average Bonchev–Trinajstić information content (AvgIpc) is 2.42. The zero-order valence-electron chi connectivity index (χ0n) is 13.7. The van der Waals surface area contributed by atoms with E-state index in [1.807, 2.05) is 25.1 Å². The smallest absolute Gasteiger partial charge is 0.303 e. The van der Waals surface area contributed by atoms with Crippen LogP contribution in [0.2, 0.25) is 0 Å². The lowest BCUT2D eigenvalue weighted by Gasteiger charge is -2.18. The molecule has 0 bridgehead atoms.